The van der Waals surface area contributed by atoms with E-state index in [4.69, 9.17) is 4.74 Å². The molecule has 0 saturated carbocycles. The van der Waals surface area contributed by atoms with Crippen molar-refractivity contribution < 1.29 is 9.53 Å². The first-order chi connectivity index (χ1) is 8.28. The molecule has 3 heteroatoms. The predicted molar refractivity (Wildman–Crippen MR) is 74.9 cm³/mol. The molecule has 0 bridgehead atoms. The molecule has 0 aliphatic rings. The average Bonchev–Trinajstić information content (AvgIpc) is 2.24. The molecule has 0 amide bonds. The van der Waals surface area contributed by atoms with Gasteiger partial charge in [0.05, 0.1) is 0 Å². The van der Waals surface area contributed by atoms with Gasteiger partial charge in [0.25, 0.3) is 0 Å². The predicted octanol–water partition coefficient (Wildman–Crippen LogP) is 3.56. The fraction of sp³-hybridized carbons (Fsp3) is 0.533. The molecule has 1 rings (SSSR count). The summed E-state index contributed by atoms with van der Waals surface area (Å²) in [5.74, 6) is 0.241. The number of esters is 1. The van der Waals surface area contributed by atoms with Crippen LogP contribution in [0.3, 0.4) is 0 Å². The summed E-state index contributed by atoms with van der Waals surface area (Å²) in [6.45, 7) is 10.1. The quantitative estimate of drug-likeness (QED) is 0.829. The van der Waals surface area contributed by atoms with Gasteiger partial charge in [0, 0.05) is 5.69 Å². The largest absolute Gasteiger partial charge is 0.459 e. The van der Waals surface area contributed by atoms with Crippen LogP contribution in [0.1, 0.15) is 46.1 Å². The van der Waals surface area contributed by atoms with Crippen LogP contribution in [0.15, 0.2) is 24.3 Å². The third kappa shape index (κ3) is 5.21. The fourth-order valence-electron chi connectivity index (χ4n) is 1.56. The number of carbonyl (C=O) groups excluding carboxylic acids is 1. The zero-order valence-electron chi connectivity index (χ0n) is 11.9. The second kappa shape index (κ2) is 5.89. The van der Waals surface area contributed by atoms with Crippen LogP contribution < -0.4 is 5.32 Å². The molecule has 0 atom stereocenters. The minimum absolute atomic E-state index is 0.193. The lowest BCUT2D eigenvalue weighted by Crippen LogP contribution is -2.28. The van der Waals surface area contributed by atoms with E-state index in [1.807, 2.05) is 32.9 Å². The van der Waals surface area contributed by atoms with Crippen molar-refractivity contribution in [2.75, 3.05) is 11.9 Å². The summed E-state index contributed by atoms with van der Waals surface area (Å²) in [6, 6.07) is 8.10. The summed E-state index contributed by atoms with van der Waals surface area (Å²) in [4.78, 5) is 11.6. The van der Waals surface area contributed by atoms with Crippen LogP contribution in [0.4, 0.5) is 5.69 Å². The third-order valence-corrected chi connectivity index (χ3v) is 2.41. The summed E-state index contributed by atoms with van der Waals surface area (Å²) in [5.41, 5.74) is 1.77. The maximum atomic E-state index is 11.6. The van der Waals surface area contributed by atoms with Crippen molar-refractivity contribution in [3.63, 3.8) is 0 Å². The Hall–Kier alpha value is -1.51. The number of hydrogen-bond acceptors (Lipinski definition) is 3. The van der Waals surface area contributed by atoms with E-state index in [2.05, 4.69) is 31.3 Å². The van der Waals surface area contributed by atoms with E-state index >= 15 is 0 Å². The maximum Gasteiger partial charge on any atom is 0.325 e. The van der Waals surface area contributed by atoms with Crippen LogP contribution >= 0.6 is 0 Å². The Bertz CT molecular complexity index is 405. The second-order valence-corrected chi connectivity index (χ2v) is 5.72. The van der Waals surface area contributed by atoms with Crippen molar-refractivity contribution in [3.05, 3.63) is 29.8 Å². The van der Waals surface area contributed by atoms with Gasteiger partial charge >= 0.3 is 5.97 Å². The minimum Gasteiger partial charge on any atom is -0.459 e. The molecule has 0 fully saturated rings. The smallest absolute Gasteiger partial charge is 0.325 e. The van der Waals surface area contributed by atoms with Gasteiger partial charge in [-0.1, -0.05) is 26.0 Å². The van der Waals surface area contributed by atoms with Gasteiger partial charge in [-0.05, 0) is 44.4 Å². The standard InChI is InChI=1S/C15H23NO2/c1-11(2)12-7-6-8-13(9-12)16-10-14(17)18-15(3,4)5/h6-9,11,16H,10H2,1-5H3. The van der Waals surface area contributed by atoms with E-state index in [1.54, 1.807) is 0 Å². The Kier molecular flexibility index (Phi) is 4.76. The molecule has 0 aliphatic carbocycles. The van der Waals surface area contributed by atoms with Crippen LogP contribution in [0.25, 0.3) is 0 Å². The first-order valence-electron chi connectivity index (χ1n) is 6.33. The van der Waals surface area contributed by atoms with Gasteiger partial charge < -0.3 is 10.1 Å². The van der Waals surface area contributed by atoms with Crippen LogP contribution in [-0.4, -0.2) is 18.1 Å². The third-order valence-electron chi connectivity index (χ3n) is 2.41. The highest BCUT2D eigenvalue weighted by Crippen LogP contribution is 2.18. The molecule has 3 nitrogen and oxygen atoms in total. The number of ether oxygens (including phenoxy) is 1. The average molecular weight is 249 g/mol. The lowest BCUT2D eigenvalue weighted by atomic mass is 10.0. The molecule has 0 aromatic heterocycles. The second-order valence-electron chi connectivity index (χ2n) is 5.72. The van der Waals surface area contributed by atoms with Crippen molar-refractivity contribution >= 4 is 11.7 Å². The highest BCUT2D eigenvalue weighted by Gasteiger charge is 2.15. The SMILES string of the molecule is CC(C)c1cccc(NCC(=O)OC(C)(C)C)c1. The van der Waals surface area contributed by atoms with Gasteiger partial charge in [-0.25, -0.2) is 0 Å². The highest BCUT2D eigenvalue weighted by atomic mass is 16.6. The van der Waals surface area contributed by atoms with Gasteiger partial charge in [0.2, 0.25) is 0 Å². The van der Waals surface area contributed by atoms with Crippen LogP contribution in [0.5, 0.6) is 0 Å². The summed E-state index contributed by atoms with van der Waals surface area (Å²) >= 11 is 0. The summed E-state index contributed by atoms with van der Waals surface area (Å²) < 4.78 is 5.24. The van der Waals surface area contributed by atoms with Gasteiger partial charge in [-0.15, -0.1) is 0 Å². The topological polar surface area (TPSA) is 38.3 Å². The zero-order chi connectivity index (χ0) is 13.8. The maximum absolute atomic E-state index is 11.6. The van der Waals surface area contributed by atoms with Gasteiger partial charge in [-0.3, -0.25) is 4.79 Å². The Morgan fingerprint density at radius 2 is 2.00 bits per heavy atom. The molecule has 1 aromatic rings. The Labute approximate surface area is 110 Å². The number of hydrogen-bond donors (Lipinski definition) is 1. The molecule has 100 valence electrons. The molecule has 1 N–H and O–H groups in total. The van der Waals surface area contributed by atoms with Gasteiger partial charge in [-0.2, -0.15) is 0 Å². The van der Waals surface area contributed by atoms with Crippen molar-refractivity contribution in [3.8, 4) is 0 Å². The monoisotopic (exact) mass is 249 g/mol. The Balaban J connectivity index is 2.53. The van der Waals surface area contributed by atoms with Crippen molar-refractivity contribution in [2.24, 2.45) is 0 Å². The molecule has 0 aliphatic heterocycles. The fourth-order valence-corrected chi connectivity index (χ4v) is 1.56. The van der Waals surface area contributed by atoms with Gasteiger partial charge in [0.15, 0.2) is 0 Å². The zero-order valence-corrected chi connectivity index (χ0v) is 11.9. The Morgan fingerprint density at radius 3 is 2.56 bits per heavy atom. The molecule has 0 unspecified atom stereocenters. The van der Waals surface area contributed by atoms with E-state index in [0.717, 1.165) is 5.69 Å². The highest BCUT2D eigenvalue weighted by molar-refractivity contribution is 5.75. The molecular formula is C15H23NO2. The lowest BCUT2D eigenvalue weighted by Gasteiger charge is -2.19. The number of nitrogens with one attached hydrogen (secondary N) is 1. The number of anilines is 1. The lowest BCUT2D eigenvalue weighted by molar-refractivity contribution is -0.152. The molecule has 0 radical (unpaired) electrons. The molecule has 18 heavy (non-hydrogen) atoms. The van der Waals surface area contributed by atoms with Crippen LogP contribution in [0, 0.1) is 0 Å². The van der Waals surface area contributed by atoms with Crippen molar-refractivity contribution in [1.82, 2.24) is 0 Å². The van der Waals surface area contributed by atoms with E-state index in [1.165, 1.54) is 5.56 Å². The molecule has 1 aromatic carbocycles. The number of rotatable bonds is 4. The van der Waals surface area contributed by atoms with E-state index in [0.29, 0.717) is 5.92 Å². The summed E-state index contributed by atoms with van der Waals surface area (Å²) in [7, 11) is 0. The number of benzene rings is 1. The van der Waals surface area contributed by atoms with Gasteiger partial charge in [0.1, 0.15) is 12.1 Å². The van der Waals surface area contributed by atoms with E-state index in [9.17, 15) is 4.79 Å². The Morgan fingerprint density at radius 1 is 1.33 bits per heavy atom. The van der Waals surface area contributed by atoms with Crippen molar-refractivity contribution in [2.45, 2.75) is 46.1 Å². The first-order valence-corrected chi connectivity index (χ1v) is 6.33. The van der Waals surface area contributed by atoms with Crippen LogP contribution in [-0.2, 0) is 9.53 Å². The molecule has 0 heterocycles. The first kappa shape index (κ1) is 14.6. The minimum atomic E-state index is -0.432. The summed E-state index contributed by atoms with van der Waals surface area (Å²) in [5, 5.41) is 3.09. The molecule has 0 saturated heterocycles. The molecule has 0 spiro atoms. The van der Waals surface area contributed by atoms with Crippen molar-refractivity contribution in [1.29, 1.82) is 0 Å². The van der Waals surface area contributed by atoms with Crippen LogP contribution in [0.2, 0.25) is 0 Å². The number of carbonyl (C=O) groups is 1. The summed E-state index contributed by atoms with van der Waals surface area (Å²) in [6.07, 6.45) is 0. The molecular weight excluding hydrogens is 226 g/mol. The van der Waals surface area contributed by atoms with E-state index in [-0.39, 0.29) is 12.5 Å². The normalized spacial score (nSPS) is 11.4. The van der Waals surface area contributed by atoms with E-state index < -0.39 is 5.60 Å².